The topological polar surface area (TPSA) is 102 Å². The van der Waals surface area contributed by atoms with E-state index in [0.29, 0.717) is 18.7 Å². The van der Waals surface area contributed by atoms with Crippen molar-refractivity contribution >= 4 is 17.6 Å². The van der Waals surface area contributed by atoms with Crippen molar-refractivity contribution in [3.8, 4) is 5.75 Å². The molecule has 0 radical (unpaired) electrons. The van der Waals surface area contributed by atoms with Gasteiger partial charge >= 0.3 is 5.97 Å². The van der Waals surface area contributed by atoms with Gasteiger partial charge in [0, 0.05) is 12.5 Å². The Morgan fingerprint density at radius 3 is 2.57 bits per heavy atom. The first kappa shape index (κ1) is 17.0. The lowest BCUT2D eigenvalue weighted by atomic mass is 10.1. The fraction of sp³-hybridized carbons (Fsp3) is 0.467. The summed E-state index contributed by atoms with van der Waals surface area (Å²) in [5, 5.41) is 11.7. The SMILES string of the molecule is COc1ccc(C(=O)O)c(NC(=O)CCCCCCN)c1. The van der Waals surface area contributed by atoms with Gasteiger partial charge in [0.05, 0.1) is 18.4 Å². The summed E-state index contributed by atoms with van der Waals surface area (Å²) >= 11 is 0. The van der Waals surface area contributed by atoms with E-state index in [4.69, 9.17) is 15.6 Å². The van der Waals surface area contributed by atoms with Gasteiger partial charge in [-0.15, -0.1) is 0 Å². The number of carbonyl (C=O) groups excluding carboxylic acids is 1. The Balaban J connectivity index is 2.59. The molecule has 0 aliphatic rings. The Morgan fingerprint density at radius 1 is 1.24 bits per heavy atom. The van der Waals surface area contributed by atoms with E-state index >= 15 is 0 Å². The Hall–Kier alpha value is -2.08. The average Bonchev–Trinajstić information content (AvgIpc) is 2.46. The molecule has 0 fully saturated rings. The van der Waals surface area contributed by atoms with Crippen LogP contribution in [0.25, 0.3) is 0 Å². The van der Waals surface area contributed by atoms with E-state index in [-0.39, 0.29) is 17.2 Å². The highest BCUT2D eigenvalue weighted by Crippen LogP contribution is 2.23. The van der Waals surface area contributed by atoms with E-state index in [1.54, 1.807) is 6.07 Å². The van der Waals surface area contributed by atoms with E-state index in [0.717, 1.165) is 25.7 Å². The molecule has 1 amide bonds. The summed E-state index contributed by atoms with van der Waals surface area (Å²) < 4.78 is 5.04. The molecule has 0 aromatic heterocycles. The zero-order valence-electron chi connectivity index (χ0n) is 12.2. The minimum absolute atomic E-state index is 0.0484. The molecule has 21 heavy (non-hydrogen) atoms. The van der Waals surface area contributed by atoms with Crippen molar-refractivity contribution < 1.29 is 19.4 Å². The predicted octanol–water partition coefficient (Wildman–Crippen LogP) is 2.24. The number of carbonyl (C=O) groups is 2. The summed E-state index contributed by atoms with van der Waals surface area (Å²) in [5.41, 5.74) is 5.70. The highest BCUT2D eigenvalue weighted by molar-refractivity contribution is 6.00. The summed E-state index contributed by atoms with van der Waals surface area (Å²) in [6, 6.07) is 4.47. The second kappa shape index (κ2) is 8.97. The van der Waals surface area contributed by atoms with Gasteiger partial charge in [-0.1, -0.05) is 12.8 Å². The molecule has 6 heteroatoms. The van der Waals surface area contributed by atoms with Gasteiger partial charge in [-0.3, -0.25) is 4.79 Å². The quantitative estimate of drug-likeness (QED) is 0.606. The second-order valence-electron chi connectivity index (χ2n) is 4.72. The molecule has 116 valence electrons. The molecule has 0 saturated heterocycles. The minimum Gasteiger partial charge on any atom is -0.497 e. The number of amides is 1. The molecule has 0 heterocycles. The number of aromatic carboxylic acids is 1. The molecule has 0 spiro atoms. The normalized spacial score (nSPS) is 10.2. The van der Waals surface area contributed by atoms with Crippen LogP contribution in [0.4, 0.5) is 5.69 Å². The number of hydrogen-bond acceptors (Lipinski definition) is 4. The number of anilines is 1. The van der Waals surface area contributed by atoms with Gasteiger partial charge < -0.3 is 20.9 Å². The lowest BCUT2D eigenvalue weighted by molar-refractivity contribution is -0.116. The number of rotatable bonds is 9. The summed E-state index contributed by atoms with van der Waals surface area (Å²) in [7, 11) is 1.48. The lowest BCUT2D eigenvalue weighted by Crippen LogP contribution is -2.14. The number of methoxy groups -OCH3 is 1. The molecule has 0 aliphatic carbocycles. The van der Waals surface area contributed by atoms with Gasteiger partial charge in [0.1, 0.15) is 5.75 Å². The number of benzene rings is 1. The van der Waals surface area contributed by atoms with Gasteiger partial charge in [-0.2, -0.15) is 0 Å². The number of carboxylic acids is 1. The second-order valence-corrected chi connectivity index (χ2v) is 4.72. The van der Waals surface area contributed by atoms with Crippen LogP contribution in [0.2, 0.25) is 0 Å². The van der Waals surface area contributed by atoms with Crippen molar-refractivity contribution in [2.45, 2.75) is 32.1 Å². The van der Waals surface area contributed by atoms with E-state index < -0.39 is 5.97 Å². The van der Waals surface area contributed by atoms with Gasteiger partial charge in [0.15, 0.2) is 0 Å². The van der Waals surface area contributed by atoms with Crippen molar-refractivity contribution in [3.63, 3.8) is 0 Å². The maximum absolute atomic E-state index is 11.9. The minimum atomic E-state index is -1.09. The molecule has 0 unspecified atom stereocenters. The molecular formula is C15H22N2O4. The number of nitrogens with two attached hydrogens (primary N) is 1. The van der Waals surface area contributed by atoms with Crippen molar-refractivity contribution in [1.82, 2.24) is 0 Å². The first-order valence-electron chi connectivity index (χ1n) is 6.99. The third-order valence-corrected chi connectivity index (χ3v) is 3.09. The molecule has 0 atom stereocenters. The number of carboxylic acid groups (broad SMARTS) is 1. The van der Waals surface area contributed by atoms with Crippen molar-refractivity contribution in [3.05, 3.63) is 23.8 Å². The Bertz CT molecular complexity index is 489. The molecule has 6 nitrogen and oxygen atoms in total. The third-order valence-electron chi connectivity index (χ3n) is 3.09. The summed E-state index contributed by atoms with van der Waals surface area (Å²) in [6.45, 7) is 0.665. The standard InChI is InChI=1S/C15H22N2O4/c1-21-11-7-8-12(15(19)20)13(10-11)17-14(18)6-4-2-3-5-9-16/h7-8,10H,2-6,9,16H2,1H3,(H,17,18)(H,19,20). The third kappa shape index (κ3) is 5.83. The van der Waals surface area contributed by atoms with E-state index in [1.807, 2.05) is 0 Å². The Labute approximate surface area is 124 Å². The van der Waals surface area contributed by atoms with Crippen LogP contribution >= 0.6 is 0 Å². The smallest absolute Gasteiger partial charge is 0.337 e. The molecule has 1 rings (SSSR count). The maximum Gasteiger partial charge on any atom is 0.337 e. The highest BCUT2D eigenvalue weighted by Gasteiger charge is 2.13. The van der Waals surface area contributed by atoms with Crippen LogP contribution in [-0.4, -0.2) is 30.6 Å². The Kier molecular flexibility index (Phi) is 7.25. The van der Waals surface area contributed by atoms with E-state index in [2.05, 4.69) is 5.32 Å². The van der Waals surface area contributed by atoms with Gasteiger partial charge in [-0.25, -0.2) is 4.79 Å². The largest absolute Gasteiger partial charge is 0.497 e. The average molecular weight is 294 g/mol. The van der Waals surface area contributed by atoms with Crippen molar-refractivity contribution in [1.29, 1.82) is 0 Å². The molecular weight excluding hydrogens is 272 g/mol. The Morgan fingerprint density at radius 2 is 1.95 bits per heavy atom. The van der Waals surface area contributed by atoms with Crippen LogP contribution in [0.1, 0.15) is 42.5 Å². The number of ether oxygens (including phenoxy) is 1. The zero-order chi connectivity index (χ0) is 15.7. The zero-order valence-corrected chi connectivity index (χ0v) is 12.2. The number of nitrogens with one attached hydrogen (secondary N) is 1. The van der Waals surface area contributed by atoms with Gasteiger partial charge in [-0.05, 0) is 31.5 Å². The number of hydrogen-bond donors (Lipinski definition) is 3. The first-order valence-corrected chi connectivity index (χ1v) is 6.99. The molecule has 1 aromatic carbocycles. The summed E-state index contributed by atoms with van der Waals surface area (Å²) in [4.78, 5) is 23.0. The molecule has 0 bridgehead atoms. The van der Waals surface area contributed by atoms with Crippen molar-refractivity contribution in [2.75, 3.05) is 19.0 Å². The number of unbranched alkanes of at least 4 members (excludes halogenated alkanes) is 3. The fourth-order valence-corrected chi connectivity index (χ4v) is 1.94. The fourth-order valence-electron chi connectivity index (χ4n) is 1.94. The van der Waals surface area contributed by atoms with E-state index in [1.165, 1.54) is 19.2 Å². The van der Waals surface area contributed by atoms with Crippen molar-refractivity contribution in [2.24, 2.45) is 5.73 Å². The maximum atomic E-state index is 11.9. The molecule has 0 aliphatic heterocycles. The summed E-state index contributed by atoms with van der Waals surface area (Å²) in [5.74, 6) is -0.785. The van der Waals surface area contributed by atoms with Gasteiger partial charge in [0.25, 0.3) is 0 Å². The van der Waals surface area contributed by atoms with Gasteiger partial charge in [0.2, 0.25) is 5.91 Å². The molecule has 1 aromatic rings. The van der Waals surface area contributed by atoms with Crippen LogP contribution in [0.5, 0.6) is 5.75 Å². The highest BCUT2D eigenvalue weighted by atomic mass is 16.5. The monoisotopic (exact) mass is 294 g/mol. The van der Waals surface area contributed by atoms with Crippen LogP contribution in [-0.2, 0) is 4.79 Å². The van der Waals surface area contributed by atoms with Crippen LogP contribution in [0.3, 0.4) is 0 Å². The molecule has 0 saturated carbocycles. The first-order chi connectivity index (χ1) is 10.1. The van der Waals surface area contributed by atoms with Crippen LogP contribution in [0.15, 0.2) is 18.2 Å². The summed E-state index contributed by atoms with van der Waals surface area (Å²) in [6.07, 6.45) is 4.03. The van der Waals surface area contributed by atoms with Crippen LogP contribution in [0, 0.1) is 0 Å². The predicted molar refractivity (Wildman–Crippen MR) is 80.7 cm³/mol. The van der Waals surface area contributed by atoms with E-state index in [9.17, 15) is 9.59 Å². The lowest BCUT2D eigenvalue weighted by Gasteiger charge is -2.10. The van der Waals surface area contributed by atoms with Crippen LogP contribution < -0.4 is 15.8 Å². The molecule has 4 N–H and O–H groups in total.